The van der Waals surface area contributed by atoms with Gasteiger partial charge < -0.3 is 15.2 Å². The number of hydrogen-bond acceptors (Lipinski definition) is 4. The van der Waals surface area contributed by atoms with Crippen LogP contribution in [0.2, 0.25) is 0 Å². The number of carbonyl (C=O) groups excluding carboxylic acids is 1. The van der Waals surface area contributed by atoms with E-state index in [2.05, 4.69) is 0 Å². The molecule has 5 heteroatoms. The maximum absolute atomic E-state index is 12.9. The number of aromatic nitrogens is 1. The van der Waals surface area contributed by atoms with Crippen molar-refractivity contribution < 1.29 is 14.3 Å². The van der Waals surface area contributed by atoms with Crippen LogP contribution in [0.4, 0.5) is 5.69 Å². The summed E-state index contributed by atoms with van der Waals surface area (Å²) in [4.78, 5) is 12.9. The Kier molecular flexibility index (Phi) is 3.20. The zero-order valence-electron chi connectivity index (χ0n) is 12.5. The molecular weight excluding hydrogens is 280 g/mol. The number of benzene rings is 1. The number of nitrogens with zero attached hydrogens (tertiary/aromatic N) is 1. The second-order valence-corrected chi connectivity index (χ2v) is 6.19. The summed E-state index contributed by atoms with van der Waals surface area (Å²) in [5.74, 6) is -0.288. The molecule has 0 unspecified atom stereocenters. The van der Waals surface area contributed by atoms with Crippen molar-refractivity contribution in [2.24, 2.45) is 5.92 Å². The molecule has 2 heterocycles. The van der Waals surface area contributed by atoms with Crippen LogP contribution in [0.15, 0.2) is 30.5 Å². The minimum Gasteiger partial charge on any atom is -0.397 e. The van der Waals surface area contributed by atoms with Crippen LogP contribution >= 0.6 is 0 Å². The second-order valence-electron chi connectivity index (χ2n) is 6.19. The molecule has 1 aliphatic heterocycles. The number of rotatable bonds is 1. The van der Waals surface area contributed by atoms with Crippen LogP contribution in [0, 0.1) is 5.92 Å². The number of ether oxygens (including phenoxy) is 2. The SMILES string of the molecule is Nc1cn(C(=O)C2CCC3(CC2)OCCO3)c2ccccc12. The van der Waals surface area contributed by atoms with Crippen LogP contribution in [0.5, 0.6) is 0 Å². The van der Waals surface area contributed by atoms with E-state index in [-0.39, 0.29) is 11.8 Å². The van der Waals surface area contributed by atoms with Gasteiger partial charge in [-0.25, -0.2) is 0 Å². The molecule has 1 aliphatic carbocycles. The first kappa shape index (κ1) is 13.8. The van der Waals surface area contributed by atoms with Gasteiger partial charge in [0.1, 0.15) is 0 Å². The number of para-hydroxylation sites is 1. The van der Waals surface area contributed by atoms with Crippen molar-refractivity contribution in [2.75, 3.05) is 18.9 Å². The highest BCUT2D eigenvalue weighted by Crippen LogP contribution is 2.39. The predicted molar refractivity (Wildman–Crippen MR) is 83.6 cm³/mol. The molecule has 0 radical (unpaired) electrons. The predicted octanol–water partition coefficient (Wildman–Crippen LogP) is 2.80. The van der Waals surface area contributed by atoms with E-state index in [4.69, 9.17) is 15.2 Å². The molecular formula is C17H20N2O3. The van der Waals surface area contributed by atoms with Crippen molar-refractivity contribution in [3.8, 4) is 0 Å². The Morgan fingerprint density at radius 1 is 1.18 bits per heavy atom. The molecule has 1 aromatic heterocycles. The van der Waals surface area contributed by atoms with Gasteiger partial charge >= 0.3 is 0 Å². The Morgan fingerprint density at radius 2 is 1.86 bits per heavy atom. The lowest BCUT2D eigenvalue weighted by Crippen LogP contribution is -2.38. The maximum atomic E-state index is 12.9. The monoisotopic (exact) mass is 300 g/mol. The van der Waals surface area contributed by atoms with Gasteiger partial charge in [-0.1, -0.05) is 18.2 Å². The average Bonchev–Trinajstić information content (AvgIpc) is 3.13. The first-order chi connectivity index (χ1) is 10.7. The standard InChI is InChI=1S/C17H20N2O3/c18-14-11-19(15-4-2-1-3-13(14)15)16(20)12-5-7-17(8-6-12)21-9-10-22-17/h1-4,11-12H,5-10,18H2. The van der Waals surface area contributed by atoms with Gasteiger partial charge in [-0.3, -0.25) is 9.36 Å². The van der Waals surface area contributed by atoms with Crippen molar-refractivity contribution in [1.82, 2.24) is 4.57 Å². The Bertz CT molecular complexity index is 706. The highest BCUT2D eigenvalue weighted by molar-refractivity contribution is 5.99. The maximum Gasteiger partial charge on any atom is 0.234 e. The molecule has 2 fully saturated rings. The summed E-state index contributed by atoms with van der Waals surface area (Å²) in [6.45, 7) is 1.33. The fourth-order valence-electron chi connectivity index (χ4n) is 3.68. The molecule has 1 saturated carbocycles. The number of nitrogens with two attached hydrogens (primary N) is 1. The third-order valence-corrected chi connectivity index (χ3v) is 4.89. The van der Waals surface area contributed by atoms with E-state index in [0.717, 1.165) is 36.6 Å². The lowest BCUT2D eigenvalue weighted by Gasteiger charge is -2.34. The summed E-state index contributed by atoms with van der Waals surface area (Å²) in [5.41, 5.74) is 7.56. The summed E-state index contributed by atoms with van der Waals surface area (Å²) in [6, 6.07) is 7.76. The second kappa shape index (κ2) is 5.11. The molecule has 0 bridgehead atoms. The van der Waals surface area contributed by atoms with Crippen LogP contribution in [0.3, 0.4) is 0 Å². The van der Waals surface area contributed by atoms with Crippen molar-refractivity contribution in [1.29, 1.82) is 0 Å². The zero-order valence-corrected chi connectivity index (χ0v) is 12.5. The number of hydrogen-bond donors (Lipinski definition) is 1. The van der Waals surface area contributed by atoms with Gasteiger partial charge in [0.25, 0.3) is 0 Å². The van der Waals surface area contributed by atoms with E-state index in [1.165, 1.54) is 0 Å². The Hall–Kier alpha value is -1.85. The summed E-state index contributed by atoms with van der Waals surface area (Å²) in [5, 5.41) is 0.936. The van der Waals surface area contributed by atoms with Crippen molar-refractivity contribution in [2.45, 2.75) is 31.5 Å². The van der Waals surface area contributed by atoms with Crippen molar-refractivity contribution >= 4 is 22.5 Å². The number of carbonyl (C=O) groups is 1. The van der Waals surface area contributed by atoms with Gasteiger partial charge in [0.2, 0.25) is 5.91 Å². The molecule has 2 N–H and O–H groups in total. The van der Waals surface area contributed by atoms with Gasteiger partial charge in [-0.2, -0.15) is 0 Å². The first-order valence-electron chi connectivity index (χ1n) is 7.86. The summed E-state index contributed by atoms with van der Waals surface area (Å²) >= 11 is 0. The third-order valence-electron chi connectivity index (χ3n) is 4.89. The van der Waals surface area contributed by atoms with E-state index in [1.54, 1.807) is 10.8 Å². The highest BCUT2D eigenvalue weighted by atomic mass is 16.7. The minimum absolute atomic E-state index is 0.00799. The first-order valence-corrected chi connectivity index (χ1v) is 7.86. The molecule has 0 amide bonds. The fourth-order valence-corrected chi connectivity index (χ4v) is 3.68. The molecule has 22 heavy (non-hydrogen) atoms. The van der Waals surface area contributed by atoms with Crippen molar-refractivity contribution in [3.05, 3.63) is 30.5 Å². The molecule has 1 aromatic carbocycles. The molecule has 2 aromatic rings. The third kappa shape index (κ3) is 2.12. The van der Waals surface area contributed by atoms with Gasteiger partial charge in [0, 0.05) is 30.3 Å². The van der Waals surface area contributed by atoms with Crippen LogP contribution in [-0.2, 0) is 9.47 Å². The van der Waals surface area contributed by atoms with Gasteiger partial charge in [0.05, 0.1) is 24.4 Å². The molecule has 4 rings (SSSR count). The normalized spacial score (nSPS) is 21.6. The van der Waals surface area contributed by atoms with Crippen LogP contribution in [0.1, 0.15) is 30.5 Å². The average molecular weight is 300 g/mol. The lowest BCUT2D eigenvalue weighted by molar-refractivity contribution is -0.180. The van der Waals surface area contributed by atoms with Gasteiger partial charge in [-0.05, 0) is 18.9 Å². The van der Waals surface area contributed by atoms with Crippen LogP contribution in [0.25, 0.3) is 10.9 Å². The molecule has 116 valence electrons. The molecule has 5 nitrogen and oxygen atoms in total. The fraction of sp³-hybridized carbons (Fsp3) is 0.471. The molecule has 0 atom stereocenters. The van der Waals surface area contributed by atoms with Crippen LogP contribution in [-0.4, -0.2) is 29.5 Å². The molecule has 1 saturated heterocycles. The van der Waals surface area contributed by atoms with E-state index >= 15 is 0 Å². The largest absolute Gasteiger partial charge is 0.397 e. The Balaban J connectivity index is 1.57. The smallest absolute Gasteiger partial charge is 0.234 e. The van der Waals surface area contributed by atoms with Gasteiger partial charge in [0.15, 0.2) is 5.79 Å². The van der Waals surface area contributed by atoms with E-state index < -0.39 is 5.79 Å². The van der Waals surface area contributed by atoms with Crippen LogP contribution < -0.4 is 5.73 Å². The number of nitrogen functional groups attached to an aromatic ring is 1. The Labute approximate surface area is 129 Å². The molecule has 1 spiro atoms. The topological polar surface area (TPSA) is 66.5 Å². The summed E-state index contributed by atoms with van der Waals surface area (Å²) in [7, 11) is 0. The molecule has 2 aliphatic rings. The lowest BCUT2D eigenvalue weighted by atomic mass is 9.84. The van der Waals surface area contributed by atoms with E-state index in [0.29, 0.717) is 18.9 Å². The Morgan fingerprint density at radius 3 is 2.59 bits per heavy atom. The number of anilines is 1. The van der Waals surface area contributed by atoms with Gasteiger partial charge in [-0.15, -0.1) is 0 Å². The number of fused-ring (bicyclic) bond motifs is 1. The summed E-state index contributed by atoms with van der Waals surface area (Å²) in [6.07, 6.45) is 4.92. The van der Waals surface area contributed by atoms with Crippen molar-refractivity contribution in [3.63, 3.8) is 0 Å². The summed E-state index contributed by atoms with van der Waals surface area (Å²) < 4.78 is 13.2. The highest BCUT2D eigenvalue weighted by Gasteiger charge is 2.42. The minimum atomic E-state index is -0.422. The van der Waals surface area contributed by atoms with E-state index in [9.17, 15) is 4.79 Å². The zero-order chi connectivity index (χ0) is 15.2. The quantitative estimate of drug-likeness (QED) is 0.879. The van der Waals surface area contributed by atoms with E-state index in [1.807, 2.05) is 24.3 Å².